The van der Waals surface area contributed by atoms with E-state index >= 15 is 0 Å². The van der Waals surface area contributed by atoms with E-state index < -0.39 is 0 Å². The Balaban J connectivity index is 1.93. The average Bonchev–Trinajstić information content (AvgIpc) is 3.00. The van der Waals surface area contributed by atoms with Crippen molar-refractivity contribution >= 4 is 5.91 Å². The Bertz CT molecular complexity index is 765. The van der Waals surface area contributed by atoms with Crippen molar-refractivity contribution < 1.29 is 4.79 Å². The highest BCUT2D eigenvalue weighted by molar-refractivity contribution is 5.93. The molecule has 0 aliphatic carbocycles. The van der Waals surface area contributed by atoms with E-state index in [9.17, 15) is 4.79 Å². The molecule has 134 valence electrons. The molecule has 6 nitrogen and oxygen atoms in total. The van der Waals surface area contributed by atoms with Gasteiger partial charge in [-0.2, -0.15) is 0 Å². The van der Waals surface area contributed by atoms with Crippen molar-refractivity contribution in [1.29, 1.82) is 0 Å². The third-order valence-corrected chi connectivity index (χ3v) is 4.87. The number of nitrogens with one attached hydrogen (secondary N) is 1. The lowest BCUT2D eigenvalue weighted by Crippen LogP contribution is -2.36. The third-order valence-electron chi connectivity index (χ3n) is 4.87. The van der Waals surface area contributed by atoms with Crippen molar-refractivity contribution in [3.63, 3.8) is 0 Å². The molecule has 1 aromatic heterocycles. The van der Waals surface area contributed by atoms with Crippen LogP contribution in [-0.2, 0) is 13.0 Å². The van der Waals surface area contributed by atoms with E-state index in [0.29, 0.717) is 18.3 Å². The van der Waals surface area contributed by atoms with Gasteiger partial charge in [0.2, 0.25) is 0 Å². The number of nitrogens with zero attached hydrogens (tertiary/aromatic N) is 4. The van der Waals surface area contributed by atoms with Crippen LogP contribution in [0.5, 0.6) is 0 Å². The van der Waals surface area contributed by atoms with Gasteiger partial charge < -0.3 is 5.32 Å². The van der Waals surface area contributed by atoms with E-state index in [0.717, 1.165) is 37.3 Å². The van der Waals surface area contributed by atoms with Crippen molar-refractivity contribution in [2.24, 2.45) is 0 Å². The molecule has 0 bridgehead atoms. The molecule has 0 saturated carbocycles. The lowest BCUT2D eigenvalue weighted by atomic mass is 9.97. The van der Waals surface area contributed by atoms with E-state index in [-0.39, 0.29) is 5.91 Å². The number of carbonyl (C=O) groups excluding carboxylic acids is 1. The molecule has 0 unspecified atom stereocenters. The summed E-state index contributed by atoms with van der Waals surface area (Å²) in [6.45, 7) is 11.0. The summed E-state index contributed by atoms with van der Waals surface area (Å²) in [5, 5.41) is 11.3. The van der Waals surface area contributed by atoms with Crippen LogP contribution in [0.3, 0.4) is 0 Å². The quantitative estimate of drug-likeness (QED) is 0.907. The zero-order valence-corrected chi connectivity index (χ0v) is 15.5. The fourth-order valence-electron chi connectivity index (χ4n) is 3.34. The fourth-order valence-corrected chi connectivity index (χ4v) is 3.34. The highest BCUT2D eigenvalue weighted by atomic mass is 16.2. The molecular weight excluding hydrogens is 314 g/mol. The number of hydrogen-bond acceptors (Lipinski definition) is 4. The topological polar surface area (TPSA) is 63.1 Å². The number of fused-ring (bicyclic) bond motifs is 1. The van der Waals surface area contributed by atoms with Crippen LogP contribution in [-0.4, -0.2) is 44.9 Å². The van der Waals surface area contributed by atoms with E-state index in [1.54, 1.807) is 0 Å². The SMILES string of the molecule is CCCNC(=O)c1nnn(-c2cccc3c2CCN(C(C)C)C3)c1C. The van der Waals surface area contributed by atoms with Crippen molar-refractivity contribution in [1.82, 2.24) is 25.2 Å². The van der Waals surface area contributed by atoms with E-state index in [2.05, 4.69) is 52.6 Å². The van der Waals surface area contributed by atoms with Gasteiger partial charge in [-0.05, 0) is 50.8 Å². The molecule has 2 heterocycles. The molecule has 25 heavy (non-hydrogen) atoms. The molecule has 0 atom stereocenters. The van der Waals surface area contributed by atoms with E-state index in [1.807, 2.05) is 18.5 Å². The number of amides is 1. The van der Waals surface area contributed by atoms with Gasteiger partial charge in [0.25, 0.3) is 5.91 Å². The molecule has 3 rings (SSSR count). The van der Waals surface area contributed by atoms with Crippen LogP contribution in [0.15, 0.2) is 18.2 Å². The maximum atomic E-state index is 12.2. The molecule has 0 radical (unpaired) electrons. The third kappa shape index (κ3) is 3.44. The Morgan fingerprint density at radius 2 is 2.16 bits per heavy atom. The summed E-state index contributed by atoms with van der Waals surface area (Å²) in [4.78, 5) is 14.7. The van der Waals surface area contributed by atoms with Crippen molar-refractivity contribution in [3.05, 3.63) is 40.7 Å². The lowest BCUT2D eigenvalue weighted by molar-refractivity contribution is 0.0948. The Morgan fingerprint density at radius 3 is 2.88 bits per heavy atom. The minimum Gasteiger partial charge on any atom is -0.351 e. The molecule has 1 aliphatic heterocycles. The highest BCUT2D eigenvalue weighted by Crippen LogP contribution is 2.27. The molecule has 1 N–H and O–H groups in total. The summed E-state index contributed by atoms with van der Waals surface area (Å²) in [5.74, 6) is -0.151. The fraction of sp³-hybridized carbons (Fsp3) is 0.526. The molecule has 1 aliphatic rings. The van der Waals surface area contributed by atoms with Crippen LogP contribution in [0.25, 0.3) is 5.69 Å². The summed E-state index contributed by atoms with van der Waals surface area (Å²) < 4.78 is 1.81. The minimum absolute atomic E-state index is 0.151. The normalized spacial score (nSPS) is 14.6. The summed E-state index contributed by atoms with van der Waals surface area (Å²) >= 11 is 0. The van der Waals surface area contributed by atoms with E-state index in [4.69, 9.17) is 0 Å². The molecule has 1 aromatic carbocycles. The number of hydrogen-bond donors (Lipinski definition) is 1. The summed E-state index contributed by atoms with van der Waals surface area (Å²) in [6, 6.07) is 6.86. The van der Waals surface area contributed by atoms with Crippen molar-refractivity contribution in [2.75, 3.05) is 13.1 Å². The van der Waals surface area contributed by atoms with Gasteiger partial charge in [0.1, 0.15) is 0 Å². The first-order valence-electron chi connectivity index (χ1n) is 9.08. The van der Waals surface area contributed by atoms with Gasteiger partial charge in [-0.1, -0.05) is 24.3 Å². The molecule has 0 spiro atoms. The predicted octanol–water partition coefficient (Wildman–Crippen LogP) is 2.48. The maximum absolute atomic E-state index is 12.2. The first-order chi connectivity index (χ1) is 12.0. The molecule has 0 saturated heterocycles. The Hall–Kier alpha value is -2.21. The average molecular weight is 341 g/mol. The van der Waals surface area contributed by atoms with E-state index in [1.165, 1.54) is 11.1 Å². The van der Waals surface area contributed by atoms with Crippen molar-refractivity contribution in [3.8, 4) is 5.69 Å². The molecular formula is C19H27N5O. The van der Waals surface area contributed by atoms with Gasteiger partial charge in [0, 0.05) is 25.7 Å². The van der Waals surface area contributed by atoms with Crippen LogP contribution in [0.2, 0.25) is 0 Å². The number of benzene rings is 1. The van der Waals surface area contributed by atoms with Crippen LogP contribution < -0.4 is 5.32 Å². The molecule has 6 heteroatoms. The van der Waals surface area contributed by atoms with Gasteiger partial charge in [-0.25, -0.2) is 4.68 Å². The molecule has 2 aromatic rings. The summed E-state index contributed by atoms with van der Waals surface area (Å²) in [5.41, 5.74) is 4.89. The Morgan fingerprint density at radius 1 is 1.36 bits per heavy atom. The molecule has 1 amide bonds. The summed E-state index contributed by atoms with van der Waals surface area (Å²) in [7, 11) is 0. The minimum atomic E-state index is -0.151. The standard InChI is InChI=1S/C19H27N5O/c1-5-10-20-19(25)18-14(4)24(22-21-18)17-8-6-7-15-12-23(13(2)3)11-9-16(15)17/h6-8,13H,5,9-12H2,1-4H3,(H,20,25). The smallest absolute Gasteiger partial charge is 0.273 e. The van der Waals surface area contributed by atoms with Crippen LogP contribution in [0.4, 0.5) is 0 Å². The second kappa shape index (κ2) is 7.35. The second-order valence-corrected chi connectivity index (χ2v) is 6.92. The van der Waals surface area contributed by atoms with Gasteiger partial charge in [-0.3, -0.25) is 9.69 Å². The van der Waals surface area contributed by atoms with Crippen LogP contribution >= 0.6 is 0 Å². The number of carbonyl (C=O) groups is 1. The maximum Gasteiger partial charge on any atom is 0.273 e. The first kappa shape index (κ1) is 17.6. The van der Waals surface area contributed by atoms with Gasteiger partial charge in [0.05, 0.1) is 11.4 Å². The highest BCUT2D eigenvalue weighted by Gasteiger charge is 2.23. The first-order valence-corrected chi connectivity index (χ1v) is 9.08. The van der Waals surface area contributed by atoms with Crippen LogP contribution in [0, 0.1) is 6.92 Å². The van der Waals surface area contributed by atoms with Gasteiger partial charge in [-0.15, -0.1) is 5.10 Å². The number of rotatable bonds is 5. The van der Waals surface area contributed by atoms with Crippen LogP contribution in [0.1, 0.15) is 54.5 Å². The lowest BCUT2D eigenvalue weighted by Gasteiger charge is -2.32. The van der Waals surface area contributed by atoms with Gasteiger partial charge >= 0.3 is 0 Å². The van der Waals surface area contributed by atoms with Gasteiger partial charge in [0.15, 0.2) is 5.69 Å². The zero-order valence-electron chi connectivity index (χ0n) is 15.5. The molecule has 0 fully saturated rings. The Labute approximate surface area is 149 Å². The monoisotopic (exact) mass is 341 g/mol. The Kier molecular flexibility index (Phi) is 5.18. The number of aromatic nitrogens is 3. The summed E-state index contributed by atoms with van der Waals surface area (Å²) in [6.07, 6.45) is 1.89. The largest absolute Gasteiger partial charge is 0.351 e. The predicted molar refractivity (Wildman–Crippen MR) is 98.0 cm³/mol. The zero-order chi connectivity index (χ0) is 18.0. The van der Waals surface area contributed by atoms with Crippen molar-refractivity contribution in [2.45, 2.75) is 53.1 Å². The second-order valence-electron chi connectivity index (χ2n) is 6.92.